The molecule has 2 aromatic rings. The second-order valence-electron chi connectivity index (χ2n) is 5.30. The van der Waals surface area contributed by atoms with Crippen molar-refractivity contribution < 1.29 is 33.5 Å². The molecule has 0 atom stereocenters. The molecule has 0 heterocycles. The van der Waals surface area contributed by atoms with Crippen LogP contribution in [0.2, 0.25) is 0 Å². The van der Waals surface area contributed by atoms with Crippen LogP contribution in [0.15, 0.2) is 42.5 Å². The third-order valence-corrected chi connectivity index (χ3v) is 3.54. The van der Waals surface area contributed by atoms with Crippen LogP contribution in [0, 0.1) is 10.1 Å². The van der Waals surface area contributed by atoms with E-state index in [1.807, 2.05) is 5.32 Å². The molecule has 0 aliphatic heterocycles. The Balaban J connectivity index is 2.09. The Labute approximate surface area is 159 Å². The number of nitro benzene ring substituents is 1. The lowest BCUT2D eigenvalue weighted by Gasteiger charge is -2.10. The van der Waals surface area contributed by atoms with Crippen molar-refractivity contribution in [2.45, 2.75) is 0 Å². The van der Waals surface area contributed by atoms with Crippen molar-refractivity contribution in [1.29, 1.82) is 0 Å². The van der Waals surface area contributed by atoms with E-state index in [2.05, 4.69) is 0 Å². The van der Waals surface area contributed by atoms with Crippen molar-refractivity contribution in [3.05, 3.63) is 63.7 Å². The van der Waals surface area contributed by atoms with Crippen LogP contribution in [0.5, 0.6) is 11.5 Å². The monoisotopic (exact) mass is 388 g/mol. The predicted molar refractivity (Wildman–Crippen MR) is 95.4 cm³/mol. The molecule has 146 valence electrons. The lowest BCUT2D eigenvalue weighted by molar-refractivity contribution is -0.385. The van der Waals surface area contributed by atoms with Gasteiger partial charge < -0.3 is 14.2 Å². The highest BCUT2D eigenvalue weighted by Crippen LogP contribution is 2.34. The molecule has 0 aliphatic carbocycles. The molecule has 0 unspecified atom stereocenters. The first kappa shape index (κ1) is 20.4. The Kier molecular flexibility index (Phi) is 6.63. The van der Waals surface area contributed by atoms with Crippen molar-refractivity contribution in [3.63, 3.8) is 0 Å². The summed E-state index contributed by atoms with van der Waals surface area (Å²) in [5.41, 5.74) is -0.758. The highest BCUT2D eigenvalue weighted by molar-refractivity contribution is 6.05. The first-order valence-electron chi connectivity index (χ1n) is 7.84. The molecule has 0 saturated carbocycles. The first-order chi connectivity index (χ1) is 13.4. The van der Waals surface area contributed by atoms with Gasteiger partial charge in [0.15, 0.2) is 18.1 Å². The third-order valence-electron chi connectivity index (χ3n) is 3.54. The predicted octanol–water partition coefficient (Wildman–Crippen LogP) is 1.73. The standard InChI is InChI=1S/C18H16N2O8/c1-26-14-8-12(13(20(24)25)9-15(14)27-2)18(23)28-10-16(21)19-17(22)11-6-4-3-5-7-11/h3-9H,10H2,1-2H3,(H,19,21,22). The average Bonchev–Trinajstić information content (AvgIpc) is 2.71. The van der Waals surface area contributed by atoms with Crippen LogP contribution in [-0.2, 0) is 9.53 Å². The van der Waals surface area contributed by atoms with Crippen LogP contribution in [0.25, 0.3) is 0 Å². The molecule has 1 N–H and O–H groups in total. The summed E-state index contributed by atoms with van der Waals surface area (Å²) in [6.07, 6.45) is 0. The van der Waals surface area contributed by atoms with Crippen LogP contribution in [0.3, 0.4) is 0 Å². The van der Waals surface area contributed by atoms with Gasteiger partial charge in [-0.05, 0) is 12.1 Å². The number of carbonyl (C=O) groups is 3. The Morgan fingerprint density at radius 1 is 1.04 bits per heavy atom. The molecular formula is C18H16N2O8. The van der Waals surface area contributed by atoms with E-state index in [0.29, 0.717) is 0 Å². The molecule has 0 bridgehead atoms. The second-order valence-corrected chi connectivity index (χ2v) is 5.30. The Morgan fingerprint density at radius 2 is 1.64 bits per heavy atom. The van der Waals surface area contributed by atoms with E-state index in [-0.39, 0.29) is 17.1 Å². The smallest absolute Gasteiger partial charge is 0.345 e. The number of methoxy groups -OCH3 is 2. The molecule has 0 fully saturated rings. The highest BCUT2D eigenvalue weighted by Gasteiger charge is 2.26. The van der Waals surface area contributed by atoms with Gasteiger partial charge in [0.2, 0.25) is 0 Å². The number of nitro groups is 1. The van der Waals surface area contributed by atoms with Crippen LogP contribution >= 0.6 is 0 Å². The number of benzene rings is 2. The maximum atomic E-state index is 12.2. The van der Waals surface area contributed by atoms with Crippen molar-refractivity contribution in [3.8, 4) is 11.5 Å². The van der Waals surface area contributed by atoms with Gasteiger partial charge >= 0.3 is 5.97 Å². The third kappa shape index (κ3) is 4.81. The summed E-state index contributed by atoms with van der Waals surface area (Å²) in [5.74, 6) is -2.56. The van der Waals surface area contributed by atoms with E-state index in [4.69, 9.17) is 14.2 Å². The number of nitrogens with one attached hydrogen (secondary N) is 1. The van der Waals surface area contributed by atoms with Gasteiger partial charge in [-0.2, -0.15) is 0 Å². The summed E-state index contributed by atoms with van der Waals surface area (Å²) < 4.78 is 14.8. The summed E-state index contributed by atoms with van der Waals surface area (Å²) in [6, 6.07) is 10.0. The van der Waals surface area contributed by atoms with Crippen molar-refractivity contribution >= 4 is 23.5 Å². The number of nitrogens with zero attached hydrogens (tertiary/aromatic N) is 1. The number of hydrogen-bond donors (Lipinski definition) is 1. The molecule has 0 spiro atoms. The molecule has 0 aliphatic rings. The quantitative estimate of drug-likeness (QED) is 0.430. The minimum Gasteiger partial charge on any atom is -0.493 e. The maximum absolute atomic E-state index is 12.2. The Hall–Kier alpha value is -3.95. The van der Waals surface area contributed by atoms with Gasteiger partial charge in [-0.15, -0.1) is 0 Å². The van der Waals surface area contributed by atoms with Gasteiger partial charge in [0.25, 0.3) is 17.5 Å². The SMILES string of the molecule is COc1cc(C(=O)OCC(=O)NC(=O)c2ccccc2)c([N+](=O)[O-])cc1OC. The number of rotatable bonds is 7. The fraction of sp³-hybridized carbons (Fsp3) is 0.167. The van der Waals surface area contributed by atoms with Crippen LogP contribution in [-0.4, -0.2) is 43.5 Å². The largest absolute Gasteiger partial charge is 0.493 e. The minimum absolute atomic E-state index is 0.0527. The number of imide groups is 1. The van der Waals surface area contributed by atoms with Crippen molar-refractivity contribution in [2.24, 2.45) is 0 Å². The molecule has 0 saturated heterocycles. The molecule has 10 heteroatoms. The summed E-state index contributed by atoms with van der Waals surface area (Å²) in [6.45, 7) is -0.803. The molecule has 2 amide bonds. The van der Waals surface area contributed by atoms with Gasteiger partial charge in [0.05, 0.1) is 25.2 Å². The fourth-order valence-corrected chi connectivity index (χ4v) is 2.22. The maximum Gasteiger partial charge on any atom is 0.345 e. The zero-order chi connectivity index (χ0) is 20.7. The average molecular weight is 388 g/mol. The van der Waals surface area contributed by atoms with E-state index in [0.717, 1.165) is 12.1 Å². The summed E-state index contributed by atoms with van der Waals surface area (Å²) in [7, 11) is 2.58. The van der Waals surface area contributed by atoms with E-state index in [1.54, 1.807) is 18.2 Å². The molecule has 0 aromatic heterocycles. The zero-order valence-electron chi connectivity index (χ0n) is 15.0. The van der Waals surface area contributed by atoms with Crippen LogP contribution in [0.1, 0.15) is 20.7 Å². The molecule has 10 nitrogen and oxygen atoms in total. The number of carbonyl (C=O) groups excluding carboxylic acids is 3. The molecule has 28 heavy (non-hydrogen) atoms. The van der Waals surface area contributed by atoms with E-state index in [1.165, 1.54) is 26.4 Å². The molecular weight excluding hydrogens is 372 g/mol. The lowest BCUT2D eigenvalue weighted by atomic mass is 10.1. The number of ether oxygens (including phenoxy) is 3. The van der Waals surface area contributed by atoms with Gasteiger partial charge in [-0.3, -0.25) is 25.0 Å². The molecule has 0 radical (unpaired) electrons. The summed E-state index contributed by atoms with van der Waals surface area (Å²) >= 11 is 0. The minimum atomic E-state index is -1.13. The van der Waals surface area contributed by atoms with Gasteiger partial charge in [0.1, 0.15) is 5.56 Å². The second kappa shape index (κ2) is 9.12. The fourth-order valence-electron chi connectivity index (χ4n) is 2.22. The number of hydrogen-bond acceptors (Lipinski definition) is 8. The van der Waals surface area contributed by atoms with E-state index in [9.17, 15) is 24.5 Å². The van der Waals surface area contributed by atoms with Crippen molar-refractivity contribution in [1.82, 2.24) is 5.32 Å². The van der Waals surface area contributed by atoms with Crippen molar-refractivity contribution in [2.75, 3.05) is 20.8 Å². The summed E-state index contributed by atoms with van der Waals surface area (Å²) in [4.78, 5) is 46.3. The zero-order valence-corrected chi connectivity index (χ0v) is 15.0. The normalized spacial score (nSPS) is 9.93. The van der Waals surface area contributed by atoms with E-state index < -0.39 is 40.6 Å². The Morgan fingerprint density at radius 3 is 2.21 bits per heavy atom. The van der Waals surface area contributed by atoms with Gasteiger partial charge in [-0.1, -0.05) is 18.2 Å². The Bertz CT molecular complexity index is 911. The number of esters is 1. The van der Waals surface area contributed by atoms with E-state index >= 15 is 0 Å². The molecule has 2 rings (SSSR count). The highest BCUT2D eigenvalue weighted by atomic mass is 16.6. The van der Waals surface area contributed by atoms with Crippen LogP contribution < -0.4 is 14.8 Å². The molecule has 2 aromatic carbocycles. The number of amides is 2. The topological polar surface area (TPSA) is 134 Å². The summed E-state index contributed by atoms with van der Waals surface area (Å²) in [5, 5.41) is 13.3. The van der Waals surface area contributed by atoms with Gasteiger partial charge in [-0.25, -0.2) is 4.79 Å². The van der Waals surface area contributed by atoms with Crippen LogP contribution in [0.4, 0.5) is 5.69 Å². The first-order valence-corrected chi connectivity index (χ1v) is 7.84. The lowest BCUT2D eigenvalue weighted by Crippen LogP contribution is -2.34. The van der Waals surface area contributed by atoms with Gasteiger partial charge in [0, 0.05) is 11.6 Å².